The van der Waals surface area contributed by atoms with E-state index in [1.165, 1.54) is 12.1 Å². The van der Waals surface area contributed by atoms with Gasteiger partial charge in [-0.15, -0.1) is 11.8 Å². The zero-order valence-corrected chi connectivity index (χ0v) is 14.0. The van der Waals surface area contributed by atoms with Crippen molar-refractivity contribution in [2.75, 3.05) is 12.3 Å². The lowest BCUT2D eigenvalue weighted by molar-refractivity contribution is -0.120. The Balaban J connectivity index is 1.39. The van der Waals surface area contributed by atoms with Gasteiger partial charge in [-0.05, 0) is 48.1 Å². The van der Waals surface area contributed by atoms with Crippen LogP contribution in [0.25, 0.3) is 10.9 Å². The first kappa shape index (κ1) is 16.6. The minimum atomic E-state index is -0.219. The van der Waals surface area contributed by atoms with Crippen LogP contribution in [0.4, 0.5) is 4.39 Å². The van der Waals surface area contributed by atoms with Gasteiger partial charge in [0.25, 0.3) is 0 Å². The number of carbonyl (C=O) groups excluding carboxylic acids is 1. The summed E-state index contributed by atoms with van der Waals surface area (Å²) in [5, 5.41) is 4.05. The van der Waals surface area contributed by atoms with Crippen LogP contribution in [0.15, 0.2) is 59.6 Å². The van der Waals surface area contributed by atoms with Crippen LogP contribution >= 0.6 is 11.8 Å². The van der Waals surface area contributed by atoms with E-state index >= 15 is 0 Å². The van der Waals surface area contributed by atoms with E-state index in [0.717, 1.165) is 33.5 Å². The van der Waals surface area contributed by atoms with Gasteiger partial charge in [0.1, 0.15) is 5.82 Å². The van der Waals surface area contributed by atoms with E-state index in [9.17, 15) is 9.18 Å². The maximum atomic E-state index is 12.8. The summed E-state index contributed by atoms with van der Waals surface area (Å²) >= 11 is 1.67. The Labute approximate surface area is 144 Å². The first-order valence-electron chi connectivity index (χ1n) is 7.92. The molecule has 0 atom stereocenters. The highest BCUT2D eigenvalue weighted by molar-refractivity contribution is 7.99. The van der Waals surface area contributed by atoms with Gasteiger partial charge in [0, 0.05) is 28.5 Å². The van der Waals surface area contributed by atoms with Crippen molar-refractivity contribution in [1.29, 1.82) is 0 Å². The number of nitrogens with one attached hydrogen (secondary N) is 2. The summed E-state index contributed by atoms with van der Waals surface area (Å²) in [6, 6.07) is 14.4. The number of aromatic nitrogens is 1. The molecule has 0 spiro atoms. The van der Waals surface area contributed by atoms with Crippen LogP contribution in [-0.4, -0.2) is 23.2 Å². The molecule has 124 valence electrons. The molecule has 0 unspecified atom stereocenters. The van der Waals surface area contributed by atoms with E-state index in [1.54, 1.807) is 23.9 Å². The molecule has 0 aliphatic carbocycles. The number of H-pyrrole nitrogens is 1. The number of hydrogen-bond acceptors (Lipinski definition) is 2. The molecular weight excluding hydrogens is 323 g/mol. The molecule has 0 saturated heterocycles. The van der Waals surface area contributed by atoms with Crippen LogP contribution < -0.4 is 5.32 Å². The van der Waals surface area contributed by atoms with Gasteiger partial charge >= 0.3 is 0 Å². The first-order valence-corrected chi connectivity index (χ1v) is 8.91. The fourth-order valence-electron chi connectivity index (χ4n) is 2.53. The van der Waals surface area contributed by atoms with Crippen LogP contribution in [0.3, 0.4) is 0 Å². The second kappa shape index (κ2) is 8.02. The van der Waals surface area contributed by atoms with Crippen LogP contribution in [0.1, 0.15) is 12.0 Å². The Morgan fingerprint density at radius 3 is 2.75 bits per heavy atom. The van der Waals surface area contributed by atoms with Gasteiger partial charge < -0.3 is 10.3 Å². The molecule has 3 rings (SSSR count). The number of amides is 1. The summed E-state index contributed by atoms with van der Waals surface area (Å²) in [5.41, 5.74) is 2.07. The Morgan fingerprint density at radius 1 is 1.12 bits per heavy atom. The van der Waals surface area contributed by atoms with Gasteiger partial charge in [0.05, 0.1) is 6.42 Å². The second-order valence-corrected chi connectivity index (χ2v) is 6.71. The van der Waals surface area contributed by atoms with Crippen molar-refractivity contribution in [2.24, 2.45) is 0 Å². The monoisotopic (exact) mass is 342 g/mol. The van der Waals surface area contributed by atoms with E-state index in [0.29, 0.717) is 13.0 Å². The largest absolute Gasteiger partial charge is 0.361 e. The highest BCUT2D eigenvalue weighted by Crippen LogP contribution is 2.19. The molecule has 0 aliphatic rings. The van der Waals surface area contributed by atoms with Crippen LogP contribution in [0.5, 0.6) is 0 Å². The number of thioether (sulfide) groups is 1. The standard InChI is InChI=1S/C19H19FN2OS/c20-15-6-8-16(9-7-15)24-11-3-10-21-19(23)12-14-13-22-18-5-2-1-4-17(14)18/h1-2,4-9,13,22H,3,10-12H2,(H,21,23). The van der Waals surface area contributed by atoms with Crippen molar-refractivity contribution in [3.05, 3.63) is 66.1 Å². The van der Waals surface area contributed by atoms with Crippen molar-refractivity contribution in [1.82, 2.24) is 10.3 Å². The zero-order valence-electron chi connectivity index (χ0n) is 13.2. The van der Waals surface area contributed by atoms with Crippen molar-refractivity contribution < 1.29 is 9.18 Å². The number of benzene rings is 2. The van der Waals surface area contributed by atoms with Gasteiger partial charge in [0.2, 0.25) is 5.91 Å². The molecule has 1 heterocycles. The molecule has 0 saturated carbocycles. The van der Waals surface area contributed by atoms with Crippen molar-refractivity contribution in [3.63, 3.8) is 0 Å². The molecule has 0 bridgehead atoms. The smallest absolute Gasteiger partial charge is 0.224 e. The van der Waals surface area contributed by atoms with E-state index in [4.69, 9.17) is 0 Å². The van der Waals surface area contributed by atoms with Crippen molar-refractivity contribution in [3.8, 4) is 0 Å². The molecule has 2 aromatic carbocycles. The van der Waals surface area contributed by atoms with E-state index in [1.807, 2.05) is 30.5 Å². The van der Waals surface area contributed by atoms with Gasteiger partial charge in [-0.2, -0.15) is 0 Å². The predicted octanol–water partition coefficient (Wildman–Crippen LogP) is 4.15. The van der Waals surface area contributed by atoms with Crippen LogP contribution in [0.2, 0.25) is 0 Å². The summed E-state index contributed by atoms with van der Waals surface area (Å²) in [4.78, 5) is 16.3. The molecule has 3 nitrogen and oxygen atoms in total. The molecule has 0 fully saturated rings. The van der Waals surface area contributed by atoms with E-state index in [2.05, 4.69) is 10.3 Å². The molecule has 1 amide bonds. The average molecular weight is 342 g/mol. The molecule has 5 heteroatoms. The number of hydrogen-bond donors (Lipinski definition) is 2. The summed E-state index contributed by atoms with van der Waals surface area (Å²) in [7, 11) is 0. The molecule has 0 aliphatic heterocycles. The maximum absolute atomic E-state index is 12.8. The number of carbonyl (C=O) groups is 1. The van der Waals surface area contributed by atoms with E-state index in [-0.39, 0.29) is 11.7 Å². The summed E-state index contributed by atoms with van der Waals surface area (Å²) < 4.78 is 12.8. The minimum Gasteiger partial charge on any atom is -0.361 e. The third-order valence-corrected chi connectivity index (χ3v) is 4.85. The number of aromatic amines is 1. The fraction of sp³-hybridized carbons (Fsp3) is 0.211. The highest BCUT2D eigenvalue weighted by atomic mass is 32.2. The summed E-state index contributed by atoms with van der Waals surface area (Å²) in [6.45, 7) is 0.648. The second-order valence-electron chi connectivity index (χ2n) is 5.54. The third kappa shape index (κ3) is 4.38. The quantitative estimate of drug-likeness (QED) is 0.500. The lowest BCUT2D eigenvalue weighted by Gasteiger charge is -2.05. The number of rotatable bonds is 7. The Bertz CT molecular complexity index is 814. The van der Waals surface area contributed by atoms with Crippen molar-refractivity contribution >= 4 is 28.6 Å². The number of para-hydroxylation sites is 1. The Kier molecular flexibility index (Phi) is 5.54. The predicted molar refractivity (Wildman–Crippen MR) is 96.8 cm³/mol. The van der Waals surface area contributed by atoms with Crippen LogP contribution in [0, 0.1) is 5.82 Å². The first-order chi connectivity index (χ1) is 11.7. The topological polar surface area (TPSA) is 44.9 Å². The maximum Gasteiger partial charge on any atom is 0.224 e. The lowest BCUT2D eigenvalue weighted by atomic mass is 10.1. The van der Waals surface area contributed by atoms with Gasteiger partial charge in [-0.1, -0.05) is 18.2 Å². The summed E-state index contributed by atoms with van der Waals surface area (Å²) in [6.07, 6.45) is 3.16. The Hall–Kier alpha value is -2.27. The van der Waals surface area contributed by atoms with Gasteiger partial charge in [-0.25, -0.2) is 4.39 Å². The fourth-order valence-corrected chi connectivity index (χ4v) is 3.39. The summed E-state index contributed by atoms with van der Waals surface area (Å²) in [5.74, 6) is 0.703. The lowest BCUT2D eigenvalue weighted by Crippen LogP contribution is -2.26. The molecule has 24 heavy (non-hydrogen) atoms. The SMILES string of the molecule is O=C(Cc1c[nH]c2ccccc12)NCCCSc1ccc(F)cc1. The Morgan fingerprint density at radius 2 is 1.92 bits per heavy atom. The van der Waals surface area contributed by atoms with Gasteiger partial charge in [0.15, 0.2) is 0 Å². The van der Waals surface area contributed by atoms with Crippen molar-refractivity contribution in [2.45, 2.75) is 17.7 Å². The van der Waals surface area contributed by atoms with E-state index < -0.39 is 0 Å². The number of halogens is 1. The molecule has 1 aromatic heterocycles. The normalized spacial score (nSPS) is 10.9. The third-order valence-electron chi connectivity index (χ3n) is 3.75. The number of fused-ring (bicyclic) bond motifs is 1. The zero-order chi connectivity index (χ0) is 16.8. The average Bonchev–Trinajstić information content (AvgIpc) is 2.99. The van der Waals surface area contributed by atoms with Crippen LogP contribution in [-0.2, 0) is 11.2 Å². The molecule has 3 aromatic rings. The van der Waals surface area contributed by atoms with Gasteiger partial charge in [-0.3, -0.25) is 4.79 Å². The molecule has 2 N–H and O–H groups in total. The minimum absolute atomic E-state index is 0.0338. The molecular formula is C19H19FN2OS. The highest BCUT2D eigenvalue weighted by Gasteiger charge is 2.07. The molecule has 0 radical (unpaired) electrons.